The Morgan fingerprint density at radius 1 is 1.45 bits per heavy atom. The molecule has 0 aromatic carbocycles. The summed E-state index contributed by atoms with van der Waals surface area (Å²) in [5, 5.41) is 9.35. The highest BCUT2D eigenvalue weighted by atomic mass is 16.3. The molecule has 0 saturated heterocycles. The molecule has 0 aliphatic heterocycles. The third-order valence-corrected chi connectivity index (χ3v) is 2.21. The second-order valence-electron chi connectivity index (χ2n) is 2.97. The van der Waals surface area contributed by atoms with Crippen molar-refractivity contribution >= 4 is 5.91 Å². The number of nitrogens with one attached hydrogen (secondary N) is 1. The summed E-state index contributed by atoms with van der Waals surface area (Å²) in [5.74, 6) is 4.43. The average Bonchev–Trinajstić information content (AvgIpc) is 2.04. The first kappa shape index (κ1) is 8.49. The first-order valence-corrected chi connectivity index (χ1v) is 3.94. The third kappa shape index (κ3) is 1.91. The number of carbonyl (C=O) groups excluding carboxylic acids is 1. The molecule has 0 spiro atoms. The zero-order valence-electron chi connectivity index (χ0n) is 6.42. The molecule has 1 fully saturated rings. The monoisotopic (exact) mass is 158 g/mol. The molecule has 4 nitrogen and oxygen atoms in total. The number of nitrogens with two attached hydrogens (primary N) is 1. The Kier molecular flexibility index (Phi) is 2.84. The molecule has 64 valence electrons. The molecule has 1 amide bonds. The van der Waals surface area contributed by atoms with Gasteiger partial charge in [-0.25, -0.2) is 5.84 Å². The zero-order valence-corrected chi connectivity index (χ0v) is 6.42. The van der Waals surface area contributed by atoms with Gasteiger partial charge in [0, 0.05) is 0 Å². The molecule has 1 aliphatic carbocycles. The summed E-state index contributed by atoms with van der Waals surface area (Å²) in [6, 6.07) is 0. The molecule has 0 unspecified atom stereocenters. The maximum atomic E-state index is 11.0. The Hall–Kier alpha value is -0.610. The van der Waals surface area contributed by atoms with E-state index in [9.17, 15) is 9.90 Å². The zero-order chi connectivity index (χ0) is 8.27. The molecular formula is C7H14N2O2. The lowest BCUT2D eigenvalue weighted by Gasteiger charge is -2.25. The number of aliphatic hydroxyl groups excluding tert-OH is 1. The van der Waals surface area contributed by atoms with E-state index in [4.69, 9.17) is 5.84 Å². The number of aliphatic hydroxyl groups is 1. The van der Waals surface area contributed by atoms with Gasteiger partial charge >= 0.3 is 0 Å². The summed E-state index contributed by atoms with van der Waals surface area (Å²) < 4.78 is 0. The van der Waals surface area contributed by atoms with Gasteiger partial charge in [-0.05, 0) is 12.8 Å². The summed E-state index contributed by atoms with van der Waals surface area (Å²) in [4.78, 5) is 11.0. The molecule has 4 heteroatoms. The number of rotatable bonds is 1. The summed E-state index contributed by atoms with van der Waals surface area (Å²) in [6.45, 7) is 0. The molecule has 0 radical (unpaired) electrons. The van der Waals surface area contributed by atoms with Crippen molar-refractivity contribution in [1.29, 1.82) is 0 Å². The highest BCUT2D eigenvalue weighted by molar-refractivity contribution is 5.78. The minimum atomic E-state index is -0.493. The lowest BCUT2D eigenvalue weighted by atomic mass is 9.86. The Morgan fingerprint density at radius 3 is 2.64 bits per heavy atom. The van der Waals surface area contributed by atoms with Crippen LogP contribution in [0.5, 0.6) is 0 Å². The summed E-state index contributed by atoms with van der Waals surface area (Å²) in [5.41, 5.74) is 2.07. The molecule has 1 rings (SSSR count). The van der Waals surface area contributed by atoms with Crippen LogP contribution in [0.3, 0.4) is 0 Å². The third-order valence-electron chi connectivity index (χ3n) is 2.21. The van der Waals surface area contributed by atoms with Crippen molar-refractivity contribution in [2.75, 3.05) is 0 Å². The van der Waals surface area contributed by atoms with Gasteiger partial charge in [-0.15, -0.1) is 0 Å². The summed E-state index contributed by atoms with van der Waals surface area (Å²) >= 11 is 0. The number of hydrogen-bond acceptors (Lipinski definition) is 3. The molecule has 11 heavy (non-hydrogen) atoms. The van der Waals surface area contributed by atoms with E-state index >= 15 is 0 Å². The summed E-state index contributed by atoms with van der Waals surface area (Å²) in [6.07, 6.45) is 3.00. The molecule has 0 heterocycles. The standard InChI is InChI=1S/C7H14N2O2/c8-9-7(11)5-3-1-2-4-6(5)10/h5-6,10H,1-4,8H2,(H,9,11)/t5-,6+/m0/s1. The molecule has 1 aliphatic rings. The number of amides is 1. The van der Waals surface area contributed by atoms with Crippen molar-refractivity contribution in [3.8, 4) is 0 Å². The lowest BCUT2D eigenvalue weighted by molar-refractivity contribution is -0.130. The Morgan fingerprint density at radius 2 is 2.09 bits per heavy atom. The largest absolute Gasteiger partial charge is 0.392 e. The van der Waals surface area contributed by atoms with Crippen LogP contribution in [0.4, 0.5) is 0 Å². The Labute approximate surface area is 65.7 Å². The van der Waals surface area contributed by atoms with Gasteiger partial charge in [0.05, 0.1) is 12.0 Å². The van der Waals surface area contributed by atoms with E-state index in [0.717, 1.165) is 25.7 Å². The van der Waals surface area contributed by atoms with E-state index in [1.807, 2.05) is 0 Å². The van der Waals surface area contributed by atoms with Gasteiger partial charge in [-0.3, -0.25) is 10.2 Å². The quantitative estimate of drug-likeness (QED) is 0.274. The Balaban J connectivity index is 2.47. The topological polar surface area (TPSA) is 75.3 Å². The lowest BCUT2D eigenvalue weighted by Crippen LogP contribution is -2.42. The van der Waals surface area contributed by atoms with Crippen molar-refractivity contribution < 1.29 is 9.90 Å². The predicted octanol–water partition coefficient (Wildman–Crippen LogP) is -0.473. The maximum Gasteiger partial charge on any atom is 0.239 e. The first-order valence-electron chi connectivity index (χ1n) is 3.94. The van der Waals surface area contributed by atoms with Gasteiger partial charge in [-0.1, -0.05) is 12.8 Å². The number of carbonyl (C=O) groups is 1. The Bertz CT molecular complexity index is 149. The fourth-order valence-corrected chi connectivity index (χ4v) is 1.52. The van der Waals surface area contributed by atoms with Crippen LogP contribution in [0, 0.1) is 5.92 Å². The van der Waals surface area contributed by atoms with Crippen LogP contribution < -0.4 is 11.3 Å². The minimum absolute atomic E-state index is 0.239. The van der Waals surface area contributed by atoms with Crippen molar-refractivity contribution in [3.63, 3.8) is 0 Å². The van der Waals surface area contributed by atoms with Crippen molar-refractivity contribution in [3.05, 3.63) is 0 Å². The van der Waals surface area contributed by atoms with Crippen LogP contribution in [0.15, 0.2) is 0 Å². The van der Waals surface area contributed by atoms with E-state index in [0.29, 0.717) is 0 Å². The van der Waals surface area contributed by atoms with Gasteiger partial charge < -0.3 is 5.11 Å². The van der Waals surface area contributed by atoms with Gasteiger partial charge in [0.25, 0.3) is 0 Å². The minimum Gasteiger partial charge on any atom is -0.392 e. The van der Waals surface area contributed by atoms with Gasteiger partial charge in [0.15, 0.2) is 0 Å². The van der Waals surface area contributed by atoms with Crippen LogP contribution >= 0.6 is 0 Å². The molecular weight excluding hydrogens is 144 g/mol. The maximum absolute atomic E-state index is 11.0. The van der Waals surface area contributed by atoms with Crippen molar-refractivity contribution in [1.82, 2.24) is 5.43 Å². The van der Waals surface area contributed by atoms with Crippen LogP contribution in [0.1, 0.15) is 25.7 Å². The van der Waals surface area contributed by atoms with Crippen molar-refractivity contribution in [2.45, 2.75) is 31.8 Å². The highest BCUT2D eigenvalue weighted by Gasteiger charge is 2.28. The van der Waals surface area contributed by atoms with Gasteiger partial charge in [-0.2, -0.15) is 0 Å². The smallest absolute Gasteiger partial charge is 0.239 e. The van der Waals surface area contributed by atoms with Gasteiger partial charge in [0.1, 0.15) is 0 Å². The molecule has 1 saturated carbocycles. The SMILES string of the molecule is NNC(=O)[C@H]1CCCC[C@H]1O. The molecule has 2 atom stereocenters. The second-order valence-corrected chi connectivity index (χ2v) is 2.97. The van der Waals surface area contributed by atoms with E-state index in [2.05, 4.69) is 5.43 Å². The van der Waals surface area contributed by atoms with Crippen LogP contribution in [-0.4, -0.2) is 17.1 Å². The van der Waals surface area contributed by atoms with Crippen LogP contribution in [0.25, 0.3) is 0 Å². The predicted molar refractivity (Wildman–Crippen MR) is 40.3 cm³/mol. The van der Waals surface area contributed by atoms with E-state index in [1.165, 1.54) is 0 Å². The number of hydrazine groups is 1. The fraction of sp³-hybridized carbons (Fsp3) is 0.857. The highest BCUT2D eigenvalue weighted by Crippen LogP contribution is 2.23. The first-order chi connectivity index (χ1) is 5.25. The van der Waals surface area contributed by atoms with E-state index in [1.54, 1.807) is 0 Å². The number of hydrogen-bond donors (Lipinski definition) is 3. The van der Waals surface area contributed by atoms with Crippen LogP contribution in [0.2, 0.25) is 0 Å². The van der Waals surface area contributed by atoms with Crippen LogP contribution in [-0.2, 0) is 4.79 Å². The normalized spacial score (nSPS) is 31.5. The van der Waals surface area contributed by atoms with Crippen molar-refractivity contribution in [2.24, 2.45) is 11.8 Å². The molecule has 0 aromatic rings. The fourth-order valence-electron chi connectivity index (χ4n) is 1.52. The van der Waals surface area contributed by atoms with E-state index < -0.39 is 6.10 Å². The molecule has 0 bridgehead atoms. The van der Waals surface area contributed by atoms with Gasteiger partial charge in [0.2, 0.25) is 5.91 Å². The molecule has 0 aromatic heterocycles. The van der Waals surface area contributed by atoms with E-state index in [-0.39, 0.29) is 11.8 Å². The second kappa shape index (κ2) is 3.69. The molecule has 4 N–H and O–H groups in total. The average molecular weight is 158 g/mol. The summed E-state index contributed by atoms with van der Waals surface area (Å²) in [7, 11) is 0.